The number of amides is 1. The van der Waals surface area contributed by atoms with Gasteiger partial charge in [0.15, 0.2) is 0 Å². The summed E-state index contributed by atoms with van der Waals surface area (Å²) in [5.74, 6) is 1.49. The Bertz CT molecular complexity index is 1000. The highest BCUT2D eigenvalue weighted by molar-refractivity contribution is 7.99. The van der Waals surface area contributed by atoms with Crippen molar-refractivity contribution in [3.63, 3.8) is 0 Å². The predicted octanol–water partition coefficient (Wildman–Crippen LogP) is 4.39. The lowest BCUT2D eigenvalue weighted by Crippen LogP contribution is -2.50. The first kappa shape index (κ1) is 24.1. The third-order valence-corrected chi connectivity index (χ3v) is 8.29. The molecule has 1 aliphatic carbocycles. The molecule has 4 rings (SSSR count). The summed E-state index contributed by atoms with van der Waals surface area (Å²) in [5, 5.41) is 3.27. The summed E-state index contributed by atoms with van der Waals surface area (Å²) in [6, 6.07) is 12.8. The van der Waals surface area contributed by atoms with Crippen LogP contribution in [0.3, 0.4) is 0 Å². The van der Waals surface area contributed by atoms with Crippen molar-refractivity contribution in [1.29, 1.82) is 0 Å². The van der Waals surface area contributed by atoms with Crippen LogP contribution < -0.4 is 10.1 Å². The molecule has 2 atom stereocenters. The summed E-state index contributed by atoms with van der Waals surface area (Å²) in [7, 11) is 3.52. The van der Waals surface area contributed by atoms with Crippen LogP contribution in [0.5, 0.6) is 5.75 Å². The van der Waals surface area contributed by atoms with Crippen molar-refractivity contribution in [1.82, 2.24) is 10.2 Å². The number of hydrogen-bond acceptors (Lipinski definition) is 5. The van der Waals surface area contributed by atoms with E-state index in [0.717, 1.165) is 38.2 Å². The number of methoxy groups -OCH3 is 2. The Labute approximate surface area is 202 Å². The van der Waals surface area contributed by atoms with E-state index in [1.165, 1.54) is 27.8 Å². The molecule has 0 bridgehead atoms. The van der Waals surface area contributed by atoms with Gasteiger partial charge in [-0.15, -0.1) is 0 Å². The molecule has 1 fully saturated rings. The van der Waals surface area contributed by atoms with Gasteiger partial charge in [-0.2, -0.15) is 11.8 Å². The predicted molar refractivity (Wildman–Crippen MR) is 135 cm³/mol. The highest BCUT2D eigenvalue weighted by Gasteiger charge is 2.53. The van der Waals surface area contributed by atoms with E-state index < -0.39 is 0 Å². The molecule has 2 aromatic rings. The van der Waals surface area contributed by atoms with Crippen molar-refractivity contribution in [3.8, 4) is 5.75 Å². The van der Waals surface area contributed by atoms with Gasteiger partial charge in [-0.05, 0) is 79.9 Å². The van der Waals surface area contributed by atoms with Gasteiger partial charge >= 0.3 is 0 Å². The van der Waals surface area contributed by atoms with Crippen molar-refractivity contribution >= 4 is 17.7 Å². The van der Waals surface area contributed by atoms with Crippen LogP contribution in [0.25, 0.3) is 0 Å². The molecule has 0 aromatic heterocycles. The molecule has 0 saturated carbocycles. The standard InChI is InChI=1S/C27H36N2O3S/c1-18-19(2)23(31-3)11-10-20(18)16-29-14-12-27(13-15-29)22-9-7-6-8-21(22)25(26(27)32-4)28-24(30)17-33-5/h6-11,25-26H,12-17H2,1-5H3,(H,28,30)/t25-,26+/m1/s1. The minimum Gasteiger partial charge on any atom is -0.496 e. The molecule has 1 aliphatic heterocycles. The first-order valence-corrected chi connectivity index (χ1v) is 13.1. The number of nitrogens with zero attached hydrogens (tertiary/aromatic N) is 1. The molecule has 1 amide bonds. The second-order valence-electron chi connectivity index (χ2n) is 9.33. The number of fused-ring (bicyclic) bond motifs is 2. The molecule has 1 heterocycles. The van der Waals surface area contributed by atoms with Crippen LogP contribution >= 0.6 is 11.8 Å². The first-order valence-electron chi connectivity index (χ1n) is 11.7. The highest BCUT2D eigenvalue weighted by atomic mass is 32.2. The second kappa shape index (κ2) is 10.1. The highest BCUT2D eigenvalue weighted by Crippen LogP contribution is 2.52. The number of piperidine rings is 1. The fourth-order valence-electron chi connectivity index (χ4n) is 5.87. The van der Waals surface area contributed by atoms with Gasteiger partial charge in [-0.1, -0.05) is 30.3 Å². The number of hydrogen-bond donors (Lipinski definition) is 1. The SMILES string of the molecule is COc1ccc(CN2CCC3(CC2)c2ccccc2[C@@H](NC(=O)CSC)[C@@H]3OC)c(C)c1C. The Hall–Kier alpha value is -2.02. The van der Waals surface area contributed by atoms with E-state index in [2.05, 4.69) is 60.5 Å². The zero-order valence-electron chi connectivity index (χ0n) is 20.4. The molecular weight excluding hydrogens is 432 g/mol. The van der Waals surface area contributed by atoms with E-state index >= 15 is 0 Å². The summed E-state index contributed by atoms with van der Waals surface area (Å²) >= 11 is 1.55. The fourth-order valence-corrected chi connectivity index (χ4v) is 6.21. The van der Waals surface area contributed by atoms with Crippen LogP contribution in [0.15, 0.2) is 36.4 Å². The number of ether oxygens (including phenoxy) is 2. The van der Waals surface area contributed by atoms with Crippen LogP contribution in [0.1, 0.15) is 46.7 Å². The summed E-state index contributed by atoms with van der Waals surface area (Å²) in [4.78, 5) is 15.0. The van der Waals surface area contributed by atoms with Crippen molar-refractivity contribution in [2.45, 2.75) is 50.8 Å². The molecule has 0 unspecified atom stereocenters. The number of carbonyl (C=O) groups excluding carboxylic acids is 1. The van der Waals surface area contributed by atoms with Crippen LogP contribution in [0.2, 0.25) is 0 Å². The smallest absolute Gasteiger partial charge is 0.230 e. The Balaban J connectivity index is 1.54. The van der Waals surface area contributed by atoms with Crippen LogP contribution in [0.4, 0.5) is 0 Å². The van der Waals surface area contributed by atoms with Gasteiger partial charge in [-0.25, -0.2) is 0 Å². The second-order valence-corrected chi connectivity index (χ2v) is 10.2. The maximum atomic E-state index is 12.5. The van der Waals surface area contributed by atoms with Gasteiger partial charge in [0, 0.05) is 19.1 Å². The normalized spacial score (nSPS) is 21.7. The molecule has 1 saturated heterocycles. The molecule has 0 radical (unpaired) electrons. The fraction of sp³-hybridized carbons (Fsp3) is 0.519. The van der Waals surface area contributed by atoms with Gasteiger partial charge in [0.1, 0.15) is 5.75 Å². The third kappa shape index (κ3) is 4.41. The number of nitrogens with one attached hydrogen (secondary N) is 1. The minimum absolute atomic E-state index is 0.0483. The number of carbonyl (C=O) groups is 1. The summed E-state index contributed by atoms with van der Waals surface area (Å²) < 4.78 is 11.6. The van der Waals surface area contributed by atoms with Gasteiger partial charge in [0.2, 0.25) is 5.91 Å². The van der Waals surface area contributed by atoms with Crippen LogP contribution in [-0.4, -0.2) is 56.2 Å². The third-order valence-electron chi connectivity index (χ3n) is 7.74. The Kier molecular flexibility index (Phi) is 7.37. The van der Waals surface area contributed by atoms with Crippen molar-refractivity contribution in [3.05, 3.63) is 64.2 Å². The lowest BCUT2D eigenvalue weighted by Gasteiger charge is -2.44. The molecule has 5 nitrogen and oxygen atoms in total. The van der Waals surface area contributed by atoms with E-state index in [1.54, 1.807) is 26.0 Å². The maximum absolute atomic E-state index is 12.5. The van der Waals surface area contributed by atoms with Gasteiger partial charge in [-0.3, -0.25) is 9.69 Å². The molecular formula is C27H36N2O3S. The molecule has 1 N–H and O–H groups in total. The molecule has 178 valence electrons. The van der Waals surface area contributed by atoms with Crippen LogP contribution in [-0.2, 0) is 21.5 Å². The molecule has 1 spiro atoms. The van der Waals surface area contributed by atoms with E-state index in [4.69, 9.17) is 9.47 Å². The monoisotopic (exact) mass is 468 g/mol. The van der Waals surface area contributed by atoms with Crippen molar-refractivity contribution in [2.24, 2.45) is 0 Å². The lowest BCUT2D eigenvalue weighted by atomic mass is 9.71. The topological polar surface area (TPSA) is 50.8 Å². The van der Waals surface area contributed by atoms with Crippen molar-refractivity contribution < 1.29 is 14.3 Å². The van der Waals surface area contributed by atoms with Gasteiger partial charge in [0.05, 0.1) is 25.0 Å². The van der Waals surface area contributed by atoms with Gasteiger partial charge in [0.25, 0.3) is 0 Å². The number of likely N-dealkylation sites (tertiary alicyclic amines) is 1. The summed E-state index contributed by atoms with van der Waals surface area (Å²) in [6.07, 6.45) is 3.95. The Morgan fingerprint density at radius 1 is 1.12 bits per heavy atom. The quantitative estimate of drug-likeness (QED) is 0.653. The zero-order valence-corrected chi connectivity index (χ0v) is 21.3. The van der Waals surface area contributed by atoms with E-state index in [9.17, 15) is 4.79 Å². The molecule has 33 heavy (non-hydrogen) atoms. The Morgan fingerprint density at radius 3 is 2.52 bits per heavy atom. The average Bonchev–Trinajstić information content (AvgIpc) is 3.07. The van der Waals surface area contributed by atoms with Gasteiger partial charge < -0.3 is 14.8 Å². The first-order chi connectivity index (χ1) is 15.9. The van der Waals surface area contributed by atoms with E-state index in [-0.39, 0.29) is 23.5 Å². The molecule has 2 aliphatic rings. The number of rotatable bonds is 7. The van der Waals surface area contributed by atoms with Crippen molar-refractivity contribution in [2.75, 3.05) is 39.3 Å². The largest absolute Gasteiger partial charge is 0.496 e. The molecule has 6 heteroatoms. The Morgan fingerprint density at radius 2 is 1.85 bits per heavy atom. The number of thioether (sulfide) groups is 1. The minimum atomic E-state index is -0.0936. The average molecular weight is 469 g/mol. The lowest BCUT2D eigenvalue weighted by molar-refractivity contribution is -0.121. The van der Waals surface area contributed by atoms with Crippen LogP contribution in [0, 0.1) is 13.8 Å². The number of benzene rings is 2. The van der Waals surface area contributed by atoms with E-state index in [0.29, 0.717) is 5.75 Å². The summed E-state index contributed by atoms with van der Waals surface area (Å²) in [6.45, 7) is 7.27. The zero-order chi connectivity index (χ0) is 23.6. The maximum Gasteiger partial charge on any atom is 0.230 e. The molecule has 2 aromatic carbocycles. The summed E-state index contributed by atoms with van der Waals surface area (Å²) in [5.41, 5.74) is 6.39. The van der Waals surface area contributed by atoms with E-state index in [1.807, 2.05) is 6.26 Å².